The van der Waals surface area contributed by atoms with Crippen molar-refractivity contribution in [1.29, 1.82) is 0 Å². The summed E-state index contributed by atoms with van der Waals surface area (Å²) in [4.78, 5) is 14.4. The fraction of sp³-hybridized carbons (Fsp3) is 0.348. The third-order valence-electron chi connectivity index (χ3n) is 5.51. The van der Waals surface area contributed by atoms with E-state index in [1.807, 2.05) is 11.8 Å². The zero-order chi connectivity index (χ0) is 23.2. The number of piperidine rings is 1. The van der Waals surface area contributed by atoms with Crippen LogP contribution < -0.4 is 15.0 Å². The highest BCUT2D eigenvalue weighted by Gasteiger charge is 2.52. The first-order valence-electron chi connectivity index (χ1n) is 10.2. The number of amides is 1. The van der Waals surface area contributed by atoms with Gasteiger partial charge in [0.1, 0.15) is 17.2 Å². The quantitative estimate of drug-likeness (QED) is 0.356. The largest absolute Gasteiger partial charge is 0.494 e. The van der Waals surface area contributed by atoms with Crippen molar-refractivity contribution in [2.45, 2.75) is 29.4 Å². The molecule has 1 heterocycles. The Hall–Kier alpha value is -3.06. The predicted octanol–water partition coefficient (Wildman–Crippen LogP) is 2.62. The second kappa shape index (κ2) is 10.0. The summed E-state index contributed by atoms with van der Waals surface area (Å²) in [7, 11) is -4.10. The lowest BCUT2D eigenvalue weighted by Gasteiger charge is -2.38. The maximum absolute atomic E-state index is 13.5. The van der Waals surface area contributed by atoms with Crippen LogP contribution in [0.25, 0.3) is 0 Å². The summed E-state index contributed by atoms with van der Waals surface area (Å²) in [6, 6.07) is 12.9. The molecule has 0 spiro atoms. The number of nitrogens with zero attached hydrogens (tertiary/aromatic N) is 1. The summed E-state index contributed by atoms with van der Waals surface area (Å²) >= 11 is 0. The van der Waals surface area contributed by atoms with E-state index in [0.29, 0.717) is 37.7 Å². The SMILES string of the molecule is C#CCN1CCC(C(=O)NO)(S(=O)(=O)c2ccc(Oc3ccc(OCC)cc3)cc2)CC1. The first kappa shape index (κ1) is 23.6. The fourth-order valence-electron chi connectivity index (χ4n) is 3.74. The minimum absolute atomic E-state index is 0.0217. The fourth-order valence-corrected chi connectivity index (χ4v) is 5.70. The molecule has 0 saturated carbocycles. The van der Waals surface area contributed by atoms with Gasteiger partial charge in [-0.25, -0.2) is 13.9 Å². The van der Waals surface area contributed by atoms with Gasteiger partial charge in [0.2, 0.25) is 0 Å². The molecule has 1 saturated heterocycles. The number of carbonyl (C=O) groups excluding carboxylic acids is 1. The summed E-state index contributed by atoms with van der Waals surface area (Å²) < 4.78 is 36.3. The van der Waals surface area contributed by atoms with Crippen molar-refractivity contribution < 1.29 is 27.9 Å². The molecule has 0 atom stereocenters. The lowest BCUT2D eigenvalue weighted by molar-refractivity contribution is -0.133. The van der Waals surface area contributed by atoms with Crippen LogP contribution in [-0.2, 0) is 14.6 Å². The number of likely N-dealkylation sites (tertiary alicyclic amines) is 1. The summed E-state index contributed by atoms with van der Waals surface area (Å²) in [5, 5.41) is 9.25. The van der Waals surface area contributed by atoms with Crippen molar-refractivity contribution in [1.82, 2.24) is 10.4 Å². The molecule has 1 aliphatic rings. The molecule has 170 valence electrons. The highest BCUT2D eigenvalue weighted by molar-refractivity contribution is 7.93. The molecule has 2 aromatic carbocycles. The summed E-state index contributed by atoms with van der Waals surface area (Å²) in [6.45, 7) is 3.49. The number of terminal acetylenes is 1. The maximum Gasteiger partial charge on any atom is 0.265 e. The maximum atomic E-state index is 13.5. The van der Waals surface area contributed by atoms with Crippen molar-refractivity contribution in [3.63, 3.8) is 0 Å². The molecule has 0 aliphatic carbocycles. The summed E-state index contributed by atoms with van der Waals surface area (Å²) in [5.41, 5.74) is 1.54. The van der Waals surface area contributed by atoms with Gasteiger partial charge in [-0.2, -0.15) is 0 Å². The number of nitrogens with one attached hydrogen (secondary N) is 1. The molecule has 0 bridgehead atoms. The minimum Gasteiger partial charge on any atom is -0.494 e. The van der Waals surface area contributed by atoms with Crippen LogP contribution in [-0.4, -0.2) is 55.4 Å². The van der Waals surface area contributed by atoms with Gasteiger partial charge in [-0.3, -0.25) is 14.9 Å². The molecule has 2 N–H and O–H groups in total. The Morgan fingerprint density at radius 2 is 1.62 bits per heavy atom. The van der Waals surface area contributed by atoms with Crippen LogP contribution in [0.5, 0.6) is 17.2 Å². The van der Waals surface area contributed by atoms with E-state index >= 15 is 0 Å². The zero-order valence-electron chi connectivity index (χ0n) is 17.8. The van der Waals surface area contributed by atoms with Gasteiger partial charge in [0.25, 0.3) is 5.91 Å². The Balaban J connectivity index is 1.80. The van der Waals surface area contributed by atoms with Crippen LogP contribution in [0.15, 0.2) is 53.4 Å². The lowest BCUT2D eigenvalue weighted by atomic mass is 9.95. The Morgan fingerprint density at radius 3 is 2.12 bits per heavy atom. The first-order chi connectivity index (χ1) is 15.4. The highest BCUT2D eigenvalue weighted by atomic mass is 32.2. The molecule has 2 aromatic rings. The number of carbonyl (C=O) groups is 1. The van der Waals surface area contributed by atoms with E-state index in [1.54, 1.807) is 29.7 Å². The summed E-state index contributed by atoms with van der Waals surface area (Å²) in [6.07, 6.45) is 5.38. The number of rotatable bonds is 8. The number of ether oxygens (including phenoxy) is 2. The van der Waals surface area contributed by atoms with Gasteiger partial charge in [0, 0.05) is 13.1 Å². The van der Waals surface area contributed by atoms with Gasteiger partial charge in [-0.1, -0.05) is 5.92 Å². The van der Waals surface area contributed by atoms with E-state index in [0.717, 1.165) is 5.75 Å². The van der Waals surface area contributed by atoms with Gasteiger partial charge >= 0.3 is 0 Å². The van der Waals surface area contributed by atoms with Crippen LogP contribution >= 0.6 is 0 Å². The van der Waals surface area contributed by atoms with Crippen LogP contribution in [0.4, 0.5) is 0 Å². The molecule has 1 amide bonds. The Bertz CT molecular complexity index is 1070. The van der Waals surface area contributed by atoms with Crippen LogP contribution in [0, 0.1) is 12.3 Å². The predicted molar refractivity (Wildman–Crippen MR) is 118 cm³/mol. The second-order valence-corrected chi connectivity index (χ2v) is 9.66. The third kappa shape index (κ3) is 4.72. The third-order valence-corrected chi connectivity index (χ3v) is 8.03. The highest BCUT2D eigenvalue weighted by Crippen LogP contribution is 2.36. The minimum atomic E-state index is -4.10. The molecule has 32 heavy (non-hydrogen) atoms. The smallest absolute Gasteiger partial charge is 0.265 e. The molecule has 1 aliphatic heterocycles. The van der Waals surface area contributed by atoms with Gasteiger partial charge in [0.15, 0.2) is 14.6 Å². The number of hydrogen-bond acceptors (Lipinski definition) is 7. The van der Waals surface area contributed by atoms with Crippen molar-refractivity contribution in [3.05, 3.63) is 48.5 Å². The Morgan fingerprint density at radius 1 is 1.09 bits per heavy atom. The molecule has 1 fully saturated rings. The molecule has 0 unspecified atom stereocenters. The van der Waals surface area contributed by atoms with E-state index < -0.39 is 20.5 Å². The van der Waals surface area contributed by atoms with Crippen LogP contribution in [0.2, 0.25) is 0 Å². The van der Waals surface area contributed by atoms with Gasteiger partial charge in [0.05, 0.1) is 18.0 Å². The average molecular weight is 459 g/mol. The van der Waals surface area contributed by atoms with Crippen molar-refractivity contribution >= 4 is 15.7 Å². The topological polar surface area (TPSA) is 105 Å². The van der Waals surface area contributed by atoms with E-state index in [2.05, 4.69) is 5.92 Å². The zero-order valence-corrected chi connectivity index (χ0v) is 18.6. The average Bonchev–Trinajstić information content (AvgIpc) is 2.81. The van der Waals surface area contributed by atoms with Gasteiger partial charge < -0.3 is 9.47 Å². The number of benzene rings is 2. The summed E-state index contributed by atoms with van der Waals surface area (Å²) in [5.74, 6) is 3.32. The molecule has 0 radical (unpaired) electrons. The molecule has 0 aromatic heterocycles. The number of hydrogen-bond donors (Lipinski definition) is 2. The van der Waals surface area contributed by atoms with E-state index in [-0.39, 0.29) is 17.7 Å². The van der Waals surface area contributed by atoms with Gasteiger partial charge in [-0.05, 0) is 68.3 Å². The molecular weight excluding hydrogens is 432 g/mol. The monoisotopic (exact) mass is 458 g/mol. The molecule has 3 rings (SSSR count). The second-order valence-electron chi connectivity index (χ2n) is 7.40. The van der Waals surface area contributed by atoms with Crippen molar-refractivity contribution in [2.24, 2.45) is 0 Å². The Labute approximate surface area is 188 Å². The Kier molecular flexibility index (Phi) is 7.40. The molecular formula is C23H26N2O6S. The lowest BCUT2D eigenvalue weighted by Crippen LogP contribution is -2.57. The number of sulfone groups is 1. The van der Waals surface area contributed by atoms with Crippen molar-refractivity contribution in [2.75, 3.05) is 26.2 Å². The van der Waals surface area contributed by atoms with E-state index in [9.17, 15) is 18.4 Å². The van der Waals surface area contributed by atoms with Crippen LogP contribution in [0.3, 0.4) is 0 Å². The standard InChI is InChI=1S/C23H26N2O6S/c1-3-15-25-16-13-23(14-17-25,22(26)24-27)32(28,29)21-11-9-20(10-12-21)31-19-7-5-18(6-8-19)30-4-2/h1,5-12,27H,4,13-17H2,2H3,(H,24,26). The first-order valence-corrected chi connectivity index (χ1v) is 11.7. The molecule has 8 nitrogen and oxygen atoms in total. The van der Waals surface area contributed by atoms with E-state index in [4.69, 9.17) is 15.9 Å². The molecule has 9 heteroatoms. The van der Waals surface area contributed by atoms with E-state index in [1.165, 1.54) is 24.3 Å². The van der Waals surface area contributed by atoms with Gasteiger partial charge in [-0.15, -0.1) is 6.42 Å². The van der Waals surface area contributed by atoms with Crippen molar-refractivity contribution in [3.8, 4) is 29.6 Å². The number of hydroxylamine groups is 1. The normalized spacial score (nSPS) is 16.0. The van der Waals surface area contributed by atoms with Crippen LogP contribution in [0.1, 0.15) is 19.8 Å².